The second-order valence-corrected chi connectivity index (χ2v) is 5.55. The van der Waals surface area contributed by atoms with Crippen LogP contribution in [0.15, 0.2) is 52.1 Å². The number of nitrogens with one attached hydrogen (secondary N) is 3. The molecule has 3 N–H and O–H groups in total. The Kier molecular flexibility index (Phi) is 10.5. The molecule has 0 radical (unpaired) electrons. The maximum absolute atomic E-state index is 12.1. The van der Waals surface area contributed by atoms with Crippen LogP contribution in [0.5, 0.6) is 0 Å². The lowest BCUT2D eigenvalue weighted by atomic mass is 10.1. The van der Waals surface area contributed by atoms with Crippen molar-refractivity contribution >= 4 is 41.5 Å². The Morgan fingerprint density at radius 2 is 2.00 bits per heavy atom. The fourth-order valence-corrected chi connectivity index (χ4v) is 2.32. The third kappa shape index (κ3) is 7.90. The average Bonchev–Trinajstić information content (AvgIpc) is 3.13. The van der Waals surface area contributed by atoms with Crippen LogP contribution in [-0.4, -0.2) is 31.5 Å². The summed E-state index contributed by atoms with van der Waals surface area (Å²) in [6, 6.07) is 11.6. The first-order chi connectivity index (χ1) is 12.2. The van der Waals surface area contributed by atoms with Crippen LogP contribution in [0.25, 0.3) is 0 Å². The largest absolute Gasteiger partial charge is 0.469 e. The molecule has 1 amide bonds. The van der Waals surface area contributed by atoms with E-state index in [4.69, 9.17) is 4.42 Å². The Balaban J connectivity index is 0.00000338. The Bertz CT molecular complexity index is 687. The number of guanidine groups is 1. The number of halogens is 1. The van der Waals surface area contributed by atoms with Gasteiger partial charge in [-0.3, -0.25) is 4.79 Å². The molecule has 0 aliphatic carbocycles. The molecule has 0 fully saturated rings. The van der Waals surface area contributed by atoms with Crippen molar-refractivity contribution < 1.29 is 9.21 Å². The van der Waals surface area contributed by atoms with Crippen molar-refractivity contribution in [3.8, 4) is 0 Å². The second kappa shape index (κ2) is 12.3. The average molecular weight is 470 g/mol. The molecular weight excluding hydrogens is 443 g/mol. The summed E-state index contributed by atoms with van der Waals surface area (Å²) in [6.07, 6.45) is 3.35. The quantitative estimate of drug-likeness (QED) is 0.315. The van der Waals surface area contributed by atoms with Crippen LogP contribution < -0.4 is 16.0 Å². The van der Waals surface area contributed by atoms with Gasteiger partial charge in [-0.05, 0) is 43.2 Å². The third-order valence-corrected chi connectivity index (χ3v) is 3.59. The van der Waals surface area contributed by atoms with E-state index in [0.29, 0.717) is 12.5 Å². The molecule has 0 atom stereocenters. The summed E-state index contributed by atoms with van der Waals surface area (Å²) in [5, 5.41) is 9.20. The number of carbonyl (C=O) groups excluding carboxylic acids is 1. The first kappa shape index (κ1) is 22.0. The zero-order valence-corrected chi connectivity index (χ0v) is 17.6. The number of hydrogen-bond donors (Lipinski definition) is 3. The highest BCUT2D eigenvalue weighted by Gasteiger charge is 2.04. The number of amides is 1. The van der Waals surface area contributed by atoms with E-state index in [1.54, 1.807) is 6.26 Å². The predicted octanol–water partition coefficient (Wildman–Crippen LogP) is 3.20. The molecule has 0 aliphatic heterocycles. The Morgan fingerprint density at radius 3 is 2.69 bits per heavy atom. The van der Waals surface area contributed by atoms with Gasteiger partial charge >= 0.3 is 0 Å². The predicted molar refractivity (Wildman–Crippen MR) is 116 cm³/mol. The third-order valence-electron chi connectivity index (χ3n) is 3.59. The van der Waals surface area contributed by atoms with Gasteiger partial charge in [0, 0.05) is 25.2 Å². The van der Waals surface area contributed by atoms with Crippen LogP contribution in [0.3, 0.4) is 0 Å². The lowest BCUT2D eigenvalue weighted by Gasteiger charge is -2.11. The minimum atomic E-state index is -0.142. The highest BCUT2D eigenvalue weighted by atomic mass is 127. The van der Waals surface area contributed by atoms with Crippen molar-refractivity contribution in [2.24, 2.45) is 4.99 Å². The minimum Gasteiger partial charge on any atom is -0.469 e. The van der Waals surface area contributed by atoms with E-state index in [0.717, 1.165) is 30.8 Å². The number of aliphatic imine (C=N–C) groups is 1. The number of benzene rings is 1. The zero-order chi connectivity index (χ0) is 17.9. The maximum Gasteiger partial charge on any atom is 0.246 e. The molecule has 2 aromatic rings. The van der Waals surface area contributed by atoms with Gasteiger partial charge in [0.05, 0.1) is 6.26 Å². The van der Waals surface area contributed by atoms with Gasteiger partial charge in [0.25, 0.3) is 0 Å². The lowest BCUT2D eigenvalue weighted by molar-refractivity contribution is -0.114. The van der Waals surface area contributed by atoms with Crippen molar-refractivity contribution in [2.45, 2.75) is 26.7 Å². The summed E-state index contributed by atoms with van der Waals surface area (Å²) in [7, 11) is 0. The normalized spacial score (nSPS) is 10.8. The van der Waals surface area contributed by atoms with Crippen LogP contribution >= 0.6 is 24.0 Å². The summed E-state index contributed by atoms with van der Waals surface area (Å²) < 4.78 is 5.29. The number of rotatable bonds is 8. The molecule has 2 rings (SSSR count). The lowest BCUT2D eigenvalue weighted by Crippen LogP contribution is -2.39. The number of hydrogen-bond acceptors (Lipinski definition) is 3. The molecule has 1 aromatic heterocycles. The van der Waals surface area contributed by atoms with Gasteiger partial charge in [0.2, 0.25) is 5.91 Å². The van der Waals surface area contributed by atoms with E-state index in [9.17, 15) is 4.79 Å². The highest BCUT2D eigenvalue weighted by molar-refractivity contribution is 14.0. The molecule has 6 nitrogen and oxygen atoms in total. The number of nitrogens with zero attached hydrogens (tertiary/aromatic N) is 1. The Morgan fingerprint density at radius 1 is 1.15 bits per heavy atom. The fourth-order valence-electron chi connectivity index (χ4n) is 2.32. The van der Waals surface area contributed by atoms with Gasteiger partial charge in [0.15, 0.2) is 5.96 Å². The summed E-state index contributed by atoms with van der Waals surface area (Å²) in [5.41, 5.74) is 1.99. The minimum absolute atomic E-state index is 0. The molecule has 0 saturated heterocycles. The molecule has 0 spiro atoms. The number of anilines is 1. The van der Waals surface area contributed by atoms with Crippen molar-refractivity contribution in [3.05, 3.63) is 54.0 Å². The van der Waals surface area contributed by atoms with Crippen LogP contribution in [0, 0.1) is 0 Å². The summed E-state index contributed by atoms with van der Waals surface area (Å²) >= 11 is 0. The zero-order valence-electron chi connectivity index (χ0n) is 15.2. The van der Waals surface area contributed by atoms with Crippen molar-refractivity contribution in [1.82, 2.24) is 10.6 Å². The number of carbonyl (C=O) groups is 1. The fraction of sp³-hybridized carbons (Fsp3) is 0.368. The van der Waals surface area contributed by atoms with Gasteiger partial charge < -0.3 is 20.4 Å². The molecular formula is C19H27IN4O2. The molecule has 0 saturated carbocycles. The Hall–Kier alpha value is -2.03. The monoisotopic (exact) mass is 470 g/mol. The second-order valence-electron chi connectivity index (χ2n) is 5.55. The SMILES string of the molecule is CCNC(=NCC(=O)Nc1cccc(CC)c1)NCCc1ccco1.I. The van der Waals surface area contributed by atoms with Gasteiger partial charge in [0.1, 0.15) is 12.3 Å². The first-order valence-corrected chi connectivity index (χ1v) is 8.64. The van der Waals surface area contributed by atoms with E-state index in [1.807, 2.05) is 43.3 Å². The van der Waals surface area contributed by atoms with Crippen LogP contribution in [0.2, 0.25) is 0 Å². The van der Waals surface area contributed by atoms with E-state index >= 15 is 0 Å². The first-order valence-electron chi connectivity index (χ1n) is 8.64. The van der Waals surface area contributed by atoms with Gasteiger partial charge in [-0.1, -0.05) is 19.1 Å². The smallest absolute Gasteiger partial charge is 0.246 e. The van der Waals surface area contributed by atoms with Crippen LogP contribution in [0.4, 0.5) is 5.69 Å². The standard InChI is InChI=1S/C19H26N4O2.HI/c1-3-15-7-5-8-16(13-15)23-18(24)14-22-19(20-4-2)21-11-10-17-9-6-12-25-17;/h5-9,12-13H,3-4,10-11,14H2,1-2H3,(H,23,24)(H2,20,21,22);1H. The Labute approximate surface area is 171 Å². The maximum atomic E-state index is 12.1. The van der Waals surface area contributed by atoms with E-state index in [1.165, 1.54) is 5.56 Å². The van der Waals surface area contributed by atoms with E-state index in [-0.39, 0.29) is 36.4 Å². The topological polar surface area (TPSA) is 78.7 Å². The van der Waals surface area contributed by atoms with Crippen molar-refractivity contribution in [3.63, 3.8) is 0 Å². The van der Waals surface area contributed by atoms with Gasteiger partial charge in [-0.2, -0.15) is 0 Å². The van der Waals surface area contributed by atoms with Crippen LogP contribution in [0.1, 0.15) is 25.2 Å². The van der Waals surface area contributed by atoms with Crippen molar-refractivity contribution in [1.29, 1.82) is 0 Å². The number of furan rings is 1. The van der Waals surface area contributed by atoms with Crippen LogP contribution in [-0.2, 0) is 17.6 Å². The molecule has 26 heavy (non-hydrogen) atoms. The van der Waals surface area contributed by atoms with E-state index in [2.05, 4.69) is 27.9 Å². The van der Waals surface area contributed by atoms with Gasteiger partial charge in [-0.15, -0.1) is 24.0 Å². The molecule has 1 aromatic carbocycles. The summed E-state index contributed by atoms with van der Waals surface area (Å²) in [6.45, 7) is 5.54. The molecule has 0 aliphatic rings. The molecule has 0 bridgehead atoms. The van der Waals surface area contributed by atoms with E-state index < -0.39 is 0 Å². The summed E-state index contributed by atoms with van der Waals surface area (Å²) in [5.74, 6) is 1.39. The molecule has 0 unspecified atom stereocenters. The van der Waals surface area contributed by atoms with Crippen molar-refractivity contribution in [2.75, 3.05) is 25.0 Å². The van der Waals surface area contributed by atoms with Gasteiger partial charge in [-0.25, -0.2) is 4.99 Å². The highest BCUT2D eigenvalue weighted by Crippen LogP contribution is 2.10. The molecule has 7 heteroatoms. The molecule has 1 heterocycles. The number of aryl methyl sites for hydroxylation is 1. The molecule has 142 valence electrons. The summed E-state index contributed by atoms with van der Waals surface area (Å²) in [4.78, 5) is 16.4.